The van der Waals surface area contributed by atoms with Crippen molar-refractivity contribution in [2.75, 3.05) is 0 Å². The molecule has 266 valence electrons. The van der Waals surface area contributed by atoms with Crippen LogP contribution in [0, 0.1) is 5.92 Å². The average molecular weight is 710 g/mol. The van der Waals surface area contributed by atoms with E-state index in [1.165, 1.54) is 81.1 Å². The molecule has 3 heterocycles. The smallest absolute Gasteiger partial charge is 0.214 e. The number of fused-ring (bicyclic) bond motifs is 3. The van der Waals surface area contributed by atoms with Gasteiger partial charge in [0.1, 0.15) is 0 Å². The van der Waals surface area contributed by atoms with E-state index in [0.29, 0.717) is 5.92 Å². The van der Waals surface area contributed by atoms with Gasteiger partial charge in [-0.2, -0.15) is 4.57 Å². The fourth-order valence-corrected chi connectivity index (χ4v) is 11.0. The summed E-state index contributed by atoms with van der Waals surface area (Å²) in [4.78, 5) is 5.33. The fraction of sp³-hybridized carbons (Fsp3) is 0.280. The molecule has 53 heavy (non-hydrogen) atoms. The number of aromatic nitrogens is 2. The molecular formula is C50H53N2Si+. The van der Waals surface area contributed by atoms with Crippen molar-refractivity contribution in [1.29, 1.82) is 0 Å². The van der Waals surface area contributed by atoms with Gasteiger partial charge in [-0.1, -0.05) is 136 Å². The van der Waals surface area contributed by atoms with Crippen molar-refractivity contribution in [3.63, 3.8) is 0 Å². The first kappa shape index (κ1) is 35.2. The van der Waals surface area contributed by atoms with Crippen LogP contribution in [-0.4, -0.2) is 13.1 Å². The molecule has 3 unspecified atom stereocenters. The van der Waals surface area contributed by atoms with Crippen LogP contribution in [0.4, 0.5) is 0 Å². The van der Waals surface area contributed by atoms with Crippen molar-refractivity contribution in [1.82, 2.24) is 4.98 Å². The maximum atomic E-state index is 5.33. The third kappa shape index (κ3) is 6.88. The van der Waals surface area contributed by atoms with Gasteiger partial charge in [0.05, 0.1) is 25.2 Å². The van der Waals surface area contributed by atoms with Crippen molar-refractivity contribution in [3.05, 3.63) is 163 Å². The van der Waals surface area contributed by atoms with Crippen molar-refractivity contribution in [2.45, 2.75) is 83.0 Å². The molecule has 0 N–H and O–H groups in total. The molecule has 8 rings (SSSR count). The van der Waals surface area contributed by atoms with Crippen LogP contribution >= 0.6 is 0 Å². The van der Waals surface area contributed by atoms with Crippen LogP contribution in [0.15, 0.2) is 146 Å². The Morgan fingerprint density at radius 1 is 0.736 bits per heavy atom. The van der Waals surface area contributed by atoms with Gasteiger partial charge in [0.15, 0.2) is 12.2 Å². The number of pyridine rings is 2. The molecule has 0 saturated heterocycles. The highest BCUT2D eigenvalue weighted by Crippen LogP contribution is 2.47. The lowest BCUT2D eigenvalue weighted by atomic mass is 9.80. The van der Waals surface area contributed by atoms with Crippen LogP contribution in [0.1, 0.15) is 80.0 Å². The standard InChI is InChI=1S/C50H53N2Si/c1-6-7-24-44(41-25-16-17-26-42(41)47-33-45(35(2)36-18-14-15-19-36)49(34-51-47)53(3,4)5)50-46-31-39(37-20-10-8-11-21-37)27-28-43(46)48-32-40(29-30-52(48)50)38-22-12-9-13-23-38/h6,8-13,16-17,20-23,25-36,44,50H,1,7,14-15,18-19,24H2,2-5H3/q+1. The van der Waals surface area contributed by atoms with E-state index in [2.05, 4.69) is 178 Å². The minimum atomic E-state index is -1.61. The molecule has 4 aromatic carbocycles. The van der Waals surface area contributed by atoms with Crippen molar-refractivity contribution < 1.29 is 4.57 Å². The van der Waals surface area contributed by atoms with Crippen LogP contribution in [0.25, 0.3) is 44.8 Å². The summed E-state index contributed by atoms with van der Waals surface area (Å²) in [5.74, 6) is 1.51. The van der Waals surface area contributed by atoms with Crippen LogP contribution < -0.4 is 9.75 Å². The average Bonchev–Trinajstić information content (AvgIpc) is 3.85. The molecule has 0 spiro atoms. The van der Waals surface area contributed by atoms with Gasteiger partial charge in [-0.25, -0.2) is 0 Å². The number of hydrogen-bond acceptors (Lipinski definition) is 1. The second-order valence-corrected chi connectivity index (χ2v) is 21.5. The van der Waals surface area contributed by atoms with E-state index in [9.17, 15) is 0 Å². The van der Waals surface area contributed by atoms with Crippen LogP contribution in [0.5, 0.6) is 0 Å². The first-order chi connectivity index (χ1) is 25.8. The zero-order valence-corrected chi connectivity index (χ0v) is 32.9. The van der Waals surface area contributed by atoms with E-state index in [1.807, 2.05) is 0 Å². The number of hydrogen-bond donors (Lipinski definition) is 0. The lowest BCUT2D eigenvalue weighted by Gasteiger charge is -2.29. The van der Waals surface area contributed by atoms with E-state index >= 15 is 0 Å². The van der Waals surface area contributed by atoms with Gasteiger partial charge in [-0.3, -0.25) is 4.98 Å². The Bertz CT molecular complexity index is 2230. The molecule has 2 nitrogen and oxygen atoms in total. The largest absolute Gasteiger partial charge is 0.256 e. The van der Waals surface area contributed by atoms with Crippen molar-refractivity contribution in [2.24, 2.45) is 5.92 Å². The van der Waals surface area contributed by atoms with E-state index in [0.717, 1.165) is 24.5 Å². The third-order valence-corrected chi connectivity index (χ3v) is 14.2. The lowest BCUT2D eigenvalue weighted by molar-refractivity contribution is -0.701. The van der Waals surface area contributed by atoms with Gasteiger partial charge in [-0.15, -0.1) is 6.58 Å². The highest BCUT2D eigenvalue weighted by Gasteiger charge is 2.43. The maximum absolute atomic E-state index is 5.33. The molecule has 3 heteroatoms. The fourth-order valence-electron chi connectivity index (χ4n) is 9.36. The Morgan fingerprint density at radius 2 is 1.40 bits per heavy atom. The lowest BCUT2D eigenvalue weighted by Crippen LogP contribution is -2.42. The van der Waals surface area contributed by atoms with Gasteiger partial charge in [0.25, 0.3) is 0 Å². The van der Waals surface area contributed by atoms with E-state index in [1.54, 1.807) is 5.56 Å². The van der Waals surface area contributed by atoms with Gasteiger partial charge in [0.2, 0.25) is 5.69 Å². The van der Waals surface area contributed by atoms with Crippen molar-refractivity contribution in [3.8, 4) is 44.8 Å². The quantitative estimate of drug-likeness (QED) is 0.0743. The summed E-state index contributed by atoms with van der Waals surface area (Å²) in [6.45, 7) is 14.1. The Balaban J connectivity index is 1.30. The van der Waals surface area contributed by atoms with Crippen LogP contribution in [0.3, 0.4) is 0 Å². The van der Waals surface area contributed by atoms with Gasteiger partial charge >= 0.3 is 0 Å². The zero-order valence-electron chi connectivity index (χ0n) is 31.9. The summed E-state index contributed by atoms with van der Waals surface area (Å²) in [5, 5.41) is 1.53. The van der Waals surface area contributed by atoms with E-state index < -0.39 is 8.07 Å². The number of rotatable bonds is 11. The minimum Gasteiger partial charge on any atom is -0.256 e. The Morgan fingerprint density at radius 3 is 2.08 bits per heavy atom. The van der Waals surface area contributed by atoms with Gasteiger partial charge in [0, 0.05) is 29.5 Å². The highest BCUT2D eigenvalue weighted by atomic mass is 28.3. The molecule has 0 bridgehead atoms. The molecule has 1 aliphatic heterocycles. The molecule has 2 aromatic heterocycles. The summed E-state index contributed by atoms with van der Waals surface area (Å²) >= 11 is 0. The topological polar surface area (TPSA) is 16.8 Å². The van der Waals surface area contributed by atoms with Gasteiger partial charge in [-0.05, 0) is 94.3 Å². The number of benzene rings is 4. The molecule has 3 atom stereocenters. The first-order valence-corrected chi connectivity index (χ1v) is 23.3. The Labute approximate surface area is 318 Å². The zero-order chi connectivity index (χ0) is 36.5. The number of allylic oxidation sites excluding steroid dienone is 1. The Kier molecular flexibility index (Phi) is 9.87. The molecular weight excluding hydrogens is 657 g/mol. The number of nitrogens with zero attached hydrogens (tertiary/aromatic N) is 2. The van der Waals surface area contributed by atoms with E-state index in [-0.39, 0.29) is 12.0 Å². The summed E-state index contributed by atoms with van der Waals surface area (Å²) < 4.78 is 2.56. The highest BCUT2D eigenvalue weighted by molar-refractivity contribution is 6.89. The van der Waals surface area contributed by atoms with Crippen molar-refractivity contribution >= 4 is 13.3 Å². The molecule has 1 aliphatic carbocycles. The normalized spacial score (nSPS) is 16.6. The second-order valence-electron chi connectivity index (χ2n) is 16.5. The maximum Gasteiger partial charge on any atom is 0.214 e. The van der Waals surface area contributed by atoms with Gasteiger partial charge < -0.3 is 0 Å². The minimum absolute atomic E-state index is 0.118. The summed E-state index contributed by atoms with van der Waals surface area (Å²) in [6, 6.07) is 45.2. The second kappa shape index (κ2) is 14.9. The van der Waals surface area contributed by atoms with Crippen LogP contribution in [0.2, 0.25) is 19.6 Å². The Hall–Kier alpha value is -4.86. The molecule has 2 aliphatic rings. The molecule has 0 radical (unpaired) electrons. The predicted molar refractivity (Wildman–Crippen MR) is 226 cm³/mol. The monoisotopic (exact) mass is 709 g/mol. The summed E-state index contributed by atoms with van der Waals surface area (Å²) in [5.41, 5.74) is 14.3. The summed E-state index contributed by atoms with van der Waals surface area (Å²) in [6.07, 6.45) is 14.1. The first-order valence-electron chi connectivity index (χ1n) is 19.8. The molecule has 1 saturated carbocycles. The van der Waals surface area contributed by atoms with Crippen LogP contribution in [-0.2, 0) is 0 Å². The molecule has 0 amide bonds. The SMILES string of the molecule is C=CCCC(c1ccccc1-c1cc(C(C)C2CCCC2)c([Si](C)(C)C)cn1)C1c2cc(-c3ccccc3)ccc2-c2cc(-c3ccccc3)cc[n+]21. The summed E-state index contributed by atoms with van der Waals surface area (Å²) in [7, 11) is -1.61. The third-order valence-electron chi connectivity index (χ3n) is 12.2. The molecule has 1 fully saturated rings. The van der Waals surface area contributed by atoms with E-state index in [4.69, 9.17) is 4.98 Å². The molecule has 6 aromatic rings. The predicted octanol–water partition coefficient (Wildman–Crippen LogP) is 12.5.